The van der Waals surface area contributed by atoms with E-state index >= 15 is 0 Å². The summed E-state index contributed by atoms with van der Waals surface area (Å²) in [6, 6.07) is 6.48. The van der Waals surface area contributed by atoms with Gasteiger partial charge in [0.25, 0.3) is 0 Å². The fraction of sp³-hybridized carbons (Fsp3) is 0.562. The number of nitrogens with zero attached hydrogens (tertiary/aromatic N) is 2. The molecule has 2 heterocycles. The zero-order valence-electron chi connectivity index (χ0n) is 12.8. The van der Waals surface area contributed by atoms with E-state index < -0.39 is 0 Å². The van der Waals surface area contributed by atoms with Crippen LogP contribution in [0.15, 0.2) is 18.2 Å². The number of para-hydroxylation sites is 1. The maximum absolute atomic E-state index is 5.37. The van der Waals surface area contributed by atoms with Crippen LogP contribution in [0.5, 0.6) is 0 Å². The Labute approximate surface area is 130 Å². The van der Waals surface area contributed by atoms with Crippen LogP contribution in [0.1, 0.15) is 25.3 Å². The van der Waals surface area contributed by atoms with Crippen molar-refractivity contribution >= 4 is 26.7 Å². The molecule has 1 aliphatic heterocycles. The number of fused-ring (bicyclic) bond motifs is 1. The highest BCUT2D eigenvalue weighted by Crippen LogP contribution is 2.31. The minimum absolute atomic E-state index is 0.511. The van der Waals surface area contributed by atoms with Crippen LogP contribution in [-0.2, 0) is 4.74 Å². The molecule has 0 spiro atoms. The maximum atomic E-state index is 5.37. The second kappa shape index (κ2) is 6.73. The summed E-state index contributed by atoms with van der Waals surface area (Å²) in [5, 5.41) is 4.51. The Balaban J connectivity index is 1.63. The van der Waals surface area contributed by atoms with Crippen molar-refractivity contribution < 1.29 is 4.74 Å². The zero-order chi connectivity index (χ0) is 14.7. The molecule has 21 heavy (non-hydrogen) atoms. The molecule has 1 N–H and O–H groups in total. The minimum Gasteiger partial charge on any atom is -0.379 e. The average molecular weight is 305 g/mol. The second-order valence-corrected chi connectivity index (χ2v) is 6.78. The molecular weight excluding hydrogens is 282 g/mol. The van der Waals surface area contributed by atoms with Gasteiger partial charge in [0.2, 0.25) is 0 Å². The molecule has 0 amide bonds. The van der Waals surface area contributed by atoms with E-state index in [0.29, 0.717) is 5.92 Å². The van der Waals surface area contributed by atoms with E-state index in [2.05, 4.69) is 42.3 Å². The van der Waals surface area contributed by atoms with Crippen LogP contribution in [0.25, 0.3) is 10.2 Å². The van der Waals surface area contributed by atoms with Crippen LogP contribution in [0.2, 0.25) is 0 Å². The summed E-state index contributed by atoms with van der Waals surface area (Å²) >= 11 is 1.75. The lowest BCUT2D eigenvalue weighted by atomic mass is 10.0. The molecule has 0 radical (unpaired) electrons. The van der Waals surface area contributed by atoms with Gasteiger partial charge in [-0.2, -0.15) is 0 Å². The first-order valence-corrected chi connectivity index (χ1v) is 8.49. The fourth-order valence-electron chi connectivity index (χ4n) is 2.66. The van der Waals surface area contributed by atoms with Crippen LogP contribution >= 0.6 is 11.3 Å². The number of rotatable bonds is 5. The molecule has 1 aliphatic rings. The van der Waals surface area contributed by atoms with Crippen molar-refractivity contribution in [2.75, 3.05) is 44.7 Å². The number of nitrogens with one attached hydrogen (secondary N) is 1. The van der Waals surface area contributed by atoms with Gasteiger partial charge in [-0.3, -0.25) is 4.90 Å². The molecule has 0 unspecified atom stereocenters. The van der Waals surface area contributed by atoms with E-state index in [1.165, 1.54) is 10.3 Å². The summed E-state index contributed by atoms with van der Waals surface area (Å²) < 4.78 is 6.64. The van der Waals surface area contributed by atoms with Crippen LogP contribution in [0, 0.1) is 0 Å². The van der Waals surface area contributed by atoms with Crippen molar-refractivity contribution in [2.24, 2.45) is 0 Å². The minimum atomic E-state index is 0.511. The summed E-state index contributed by atoms with van der Waals surface area (Å²) in [6.07, 6.45) is 0. The molecular formula is C16H23N3OS. The molecule has 0 aliphatic carbocycles. The predicted octanol–water partition coefficient (Wildman–Crippen LogP) is 3.16. The van der Waals surface area contributed by atoms with Gasteiger partial charge in [0.1, 0.15) is 0 Å². The number of hydrogen-bond donors (Lipinski definition) is 1. The van der Waals surface area contributed by atoms with Gasteiger partial charge in [-0.15, -0.1) is 0 Å². The quantitative estimate of drug-likeness (QED) is 0.921. The summed E-state index contributed by atoms with van der Waals surface area (Å²) in [5.74, 6) is 0.511. The third kappa shape index (κ3) is 3.54. The fourth-order valence-corrected chi connectivity index (χ4v) is 3.58. The number of morpholine rings is 1. The van der Waals surface area contributed by atoms with Crippen molar-refractivity contribution in [1.82, 2.24) is 9.88 Å². The largest absolute Gasteiger partial charge is 0.379 e. The van der Waals surface area contributed by atoms with Crippen molar-refractivity contribution in [3.63, 3.8) is 0 Å². The first-order valence-electron chi connectivity index (χ1n) is 7.67. The van der Waals surface area contributed by atoms with E-state index in [9.17, 15) is 0 Å². The molecule has 0 bridgehead atoms. The molecule has 4 nitrogen and oxygen atoms in total. The van der Waals surface area contributed by atoms with Crippen molar-refractivity contribution in [3.8, 4) is 0 Å². The Morgan fingerprint density at radius 3 is 2.90 bits per heavy atom. The smallest absolute Gasteiger partial charge is 0.183 e. The van der Waals surface area contributed by atoms with Crippen molar-refractivity contribution in [2.45, 2.75) is 19.8 Å². The van der Waals surface area contributed by atoms with E-state index in [-0.39, 0.29) is 0 Å². The normalized spacial score (nSPS) is 16.7. The van der Waals surface area contributed by atoms with Crippen molar-refractivity contribution in [1.29, 1.82) is 0 Å². The van der Waals surface area contributed by atoms with E-state index in [1.807, 2.05) is 0 Å². The zero-order valence-corrected chi connectivity index (χ0v) is 13.6. The molecule has 0 atom stereocenters. The monoisotopic (exact) mass is 305 g/mol. The first-order chi connectivity index (χ1) is 10.2. The van der Waals surface area contributed by atoms with Gasteiger partial charge in [-0.1, -0.05) is 37.3 Å². The molecule has 114 valence electrons. The first kappa shape index (κ1) is 14.8. The van der Waals surface area contributed by atoms with Gasteiger partial charge in [0.15, 0.2) is 5.13 Å². The van der Waals surface area contributed by atoms with Crippen LogP contribution in [-0.4, -0.2) is 49.3 Å². The second-order valence-electron chi connectivity index (χ2n) is 5.75. The van der Waals surface area contributed by atoms with Gasteiger partial charge in [0.05, 0.1) is 23.4 Å². The molecule has 1 aromatic heterocycles. The van der Waals surface area contributed by atoms with E-state index in [1.54, 1.807) is 11.3 Å². The Morgan fingerprint density at radius 1 is 1.33 bits per heavy atom. The van der Waals surface area contributed by atoms with E-state index in [4.69, 9.17) is 9.72 Å². The van der Waals surface area contributed by atoms with Crippen molar-refractivity contribution in [3.05, 3.63) is 23.8 Å². The molecule has 0 saturated carbocycles. The molecule has 1 fully saturated rings. The van der Waals surface area contributed by atoms with E-state index in [0.717, 1.165) is 50.0 Å². The average Bonchev–Trinajstić information content (AvgIpc) is 2.90. The van der Waals surface area contributed by atoms with Crippen LogP contribution in [0.4, 0.5) is 5.13 Å². The highest BCUT2D eigenvalue weighted by Gasteiger charge is 2.12. The predicted molar refractivity (Wildman–Crippen MR) is 89.5 cm³/mol. The third-order valence-corrected chi connectivity index (χ3v) is 4.86. The molecule has 5 heteroatoms. The molecule has 2 aromatic rings. The Hall–Kier alpha value is -1.17. The lowest BCUT2D eigenvalue weighted by molar-refractivity contribution is 0.0398. The molecule has 3 rings (SSSR count). The topological polar surface area (TPSA) is 37.4 Å². The highest BCUT2D eigenvalue weighted by molar-refractivity contribution is 7.22. The Kier molecular flexibility index (Phi) is 4.73. The van der Waals surface area contributed by atoms with Gasteiger partial charge in [-0.05, 0) is 17.5 Å². The number of anilines is 1. The summed E-state index contributed by atoms with van der Waals surface area (Å²) in [4.78, 5) is 7.21. The number of thiazole rings is 1. The lowest BCUT2D eigenvalue weighted by Crippen LogP contribution is -2.38. The number of aromatic nitrogens is 1. The molecule has 1 saturated heterocycles. The van der Waals surface area contributed by atoms with Gasteiger partial charge in [0, 0.05) is 26.2 Å². The summed E-state index contributed by atoms with van der Waals surface area (Å²) in [7, 11) is 0. The summed E-state index contributed by atoms with van der Waals surface area (Å²) in [6.45, 7) is 10.2. The number of benzene rings is 1. The van der Waals surface area contributed by atoms with Crippen LogP contribution < -0.4 is 5.32 Å². The van der Waals surface area contributed by atoms with Gasteiger partial charge in [-0.25, -0.2) is 4.98 Å². The standard InChI is InChI=1S/C16H23N3OS/c1-12(2)13-4-3-5-14-15(13)18-16(21-14)17-6-7-19-8-10-20-11-9-19/h3-5,12H,6-11H2,1-2H3,(H,17,18). The molecule has 1 aromatic carbocycles. The number of ether oxygens (including phenoxy) is 1. The van der Waals surface area contributed by atoms with Gasteiger partial charge >= 0.3 is 0 Å². The SMILES string of the molecule is CC(C)c1cccc2sc(NCCN3CCOCC3)nc12. The Bertz CT molecular complexity index is 590. The number of hydrogen-bond acceptors (Lipinski definition) is 5. The highest BCUT2D eigenvalue weighted by atomic mass is 32.1. The Morgan fingerprint density at radius 2 is 2.14 bits per heavy atom. The lowest BCUT2D eigenvalue weighted by Gasteiger charge is -2.26. The summed E-state index contributed by atoms with van der Waals surface area (Å²) in [5.41, 5.74) is 2.50. The van der Waals surface area contributed by atoms with Crippen LogP contribution in [0.3, 0.4) is 0 Å². The van der Waals surface area contributed by atoms with Gasteiger partial charge < -0.3 is 10.1 Å². The third-order valence-electron chi connectivity index (χ3n) is 3.88. The maximum Gasteiger partial charge on any atom is 0.183 e.